The zero-order valence-electron chi connectivity index (χ0n) is 15.2. The van der Waals surface area contributed by atoms with Crippen LogP contribution in [0.3, 0.4) is 0 Å². The fourth-order valence-electron chi connectivity index (χ4n) is 3.71. The van der Waals surface area contributed by atoms with Gasteiger partial charge >= 0.3 is 0 Å². The predicted molar refractivity (Wildman–Crippen MR) is 102 cm³/mol. The van der Waals surface area contributed by atoms with Crippen molar-refractivity contribution in [2.75, 3.05) is 26.2 Å². The summed E-state index contributed by atoms with van der Waals surface area (Å²) in [5.41, 5.74) is 0.154. The Morgan fingerprint density at radius 1 is 1.07 bits per heavy atom. The molecule has 0 aromatic carbocycles. The van der Waals surface area contributed by atoms with E-state index in [-0.39, 0.29) is 11.8 Å². The third kappa shape index (κ3) is 2.84. The van der Waals surface area contributed by atoms with Crippen molar-refractivity contribution in [1.82, 2.24) is 15.0 Å². The molecule has 3 aromatic heterocycles. The van der Waals surface area contributed by atoms with Crippen LogP contribution in [0.25, 0.3) is 10.6 Å². The summed E-state index contributed by atoms with van der Waals surface area (Å²) in [6.07, 6.45) is 3.06. The van der Waals surface area contributed by atoms with E-state index >= 15 is 0 Å². The molecular weight excluding hydrogens is 378 g/mol. The summed E-state index contributed by atoms with van der Waals surface area (Å²) in [4.78, 5) is 30.2. The van der Waals surface area contributed by atoms with Crippen LogP contribution >= 0.6 is 11.3 Å². The van der Waals surface area contributed by atoms with E-state index in [4.69, 9.17) is 8.94 Å². The Labute approximate surface area is 165 Å². The lowest BCUT2D eigenvalue weighted by atomic mass is 9.99. The average Bonchev–Trinajstić information content (AvgIpc) is 3.20. The lowest BCUT2D eigenvalue weighted by molar-refractivity contribution is -0.135. The molecule has 2 amide bonds. The third-order valence-electron chi connectivity index (χ3n) is 5.51. The van der Waals surface area contributed by atoms with E-state index in [0.717, 1.165) is 23.4 Å². The van der Waals surface area contributed by atoms with Crippen molar-refractivity contribution in [3.63, 3.8) is 0 Å². The van der Waals surface area contributed by atoms with Gasteiger partial charge in [0.25, 0.3) is 5.91 Å². The van der Waals surface area contributed by atoms with Crippen LogP contribution in [0.5, 0.6) is 0 Å². The minimum absolute atomic E-state index is 0.0867. The molecule has 0 unspecified atom stereocenters. The molecule has 1 aliphatic heterocycles. The van der Waals surface area contributed by atoms with Gasteiger partial charge in [0, 0.05) is 32.2 Å². The standard InChI is InChI=1S/C20H19N3O4S/c24-18(14-3-1-11-26-14)22-7-9-23(10-8-22)19(25)20(5-6-20)17-13-15(27-21-17)16-4-2-12-28-16/h1-4,11-13H,5-10H2. The third-order valence-corrected chi connectivity index (χ3v) is 6.39. The number of carbonyl (C=O) groups is 2. The largest absolute Gasteiger partial charge is 0.459 e. The molecule has 8 heteroatoms. The van der Waals surface area contributed by atoms with Crippen molar-refractivity contribution in [2.45, 2.75) is 18.3 Å². The molecule has 0 radical (unpaired) electrons. The SMILES string of the molecule is O=C(c1ccco1)N1CCN(C(=O)C2(c3cc(-c4cccs4)on3)CC2)CC1. The van der Waals surface area contributed by atoms with Crippen molar-refractivity contribution < 1.29 is 18.5 Å². The summed E-state index contributed by atoms with van der Waals surface area (Å²) >= 11 is 1.58. The Kier molecular flexibility index (Phi) is 4.08. The van der Waals surface area contributed by atoms with Gasteiger partial charge in [-0.3, -0.25) is 9.59 Å². The highest BCUT2D eigenvalue weighted by molar-refractivity contribution is 7.13. The predicted octanol–water partition coefficient (Wildman–Crippen LogP) is 3.01. The fraction of sp³-hybridized carbons (Fsp3) is 0.350. The van der Waals surface area contributed by atoms with E-state index in [1.54, 1.807) is 28.4 Å². The second-order valence-electron chi connectivity index (χ2n) is 7.20. The minimum atomic E-state index is -0.563. The molecular formula is C20H19N3O4S. The van der Waals surface area contributed by atoms with E-state index in [2.05, 4.69) is 5.16 Å². The molecule has 2 fully saturated rings. The Hall–Kier alpha value is -2.87. The molecule has 0 bridgehead atoms. The highest BCUT2D eigenvalue weighted by Crippen LogP contribution is 2.50. The quantitative estimate of drug-likeness (QED) is 0.676. The summed E-state index contributed by atoms with van der Waals surface area (Å²) < 4.78 is 10.7. The van der Waals surface area contributed by atoms with Gasteiger partial charge in [-0.25, -0.2) is 0 Å². The topological polar surface area (TPSA) is 79.8 Å². The number of amides is 2. The van der Waals surface area contributed by atoms with Gasteiger partial charge in [-0.2, -0.15) is 0 Å². The van der Waals surface area contributed by atoms with Gasteiger partial charge < -0.3 is 18.7 Å². The summed E-state index contributed by atoms with van der Waals surface area (Å²) in [7, 11) is 0. The first-order chi connectivity index (χ1) is 13.7. The summed E-state index contributed by atoms with van der Waals surface area (Å²) in [5.74, 6) is 0.999. The second-order valence-corrected chi connectivity index (χ2v) is 8.15. The van der Waals surface area contributed by atoms with Crippen molar-refractivity contribution in [2.24, 2.45) is 0 Å². The first-order valence-corrected chi connectivity index (χ1v) is 10.2. The Bertz CT molecular complexity index is 981. The van der Waals surface area contributed by atoms with Crippen molar-refractivity contribution in [1.29, 1.82) is 0 Å². The molecule has 1 aliphatic carbocycles. The van der Waals surface area contributed by atoms with Crippen LogP contribution in [0.1, 0.15) is 29.1 Å². The maximum Gasteiger partial charge on any atom is 0.289 e. The first kappa shape index (κ1) is 17.2. The summed E-state index contributed by atoms with van der Waals surface area (Å²) in [6.45, 7) is 2.03. The smallest absolute Gasteiger partial charge is 0.289 e. The Morgan fingerprint density at radius 3 is 2.50 bits per heavy atom. The van der Waals surface area contributed by atoms with Crippen LogP contribution in [0, 0.1) is 0 Å². The van der Waals surface area contributed by atoms with Gasteiger partial charge in [-0.1, -0.05) is 11.2 Å². The minimum Gasteiger partial charge on any atom is -0.459 e. The van der Waals surface area contributed by atoms with E-state index in [9.17, 15) is 9.59 Å². The number of furan rings is 1. The number of rotatable bonds is 4. The van der Waals surface area contributed by atoms with Crippen LogP contribution in [0.2, 0.25) is 0 Å². The molecule has 0 spiro atoms. The number of hydrogen-bond donors (Lipinski definition) is 0. The Morgan fingerprint density at radius 2 is 1.86 bits per heavy atom. The molecule has 7 nitrogen and oxygen atoms in total. The average molecular weight is 397 g/mol. The van der Waals surface area contributed by atoms with Gasteiger partial charge in [0.2, 0.25) is 5.91 Å². The van der Waals surface area contributed by atoms with Crippen molar-refractivity contribution in [3.8, 4) is 10.6 Å². The lowest BCUT2D eigenvalue weighted by Crippen LogP contribution is -2.53. The zero-order valence-corrected chi connectivity index (χ0v) is 16.0. The van der Waals surface area contributed by atoms with E-state index in [1.165, 1.54) is 6.26 Å². The molecule has 2 aliphatic rings. The number of thiophene rings is 1. The van der Waals surface area contributed by atoms with Gasteiger partial charge in [0.1, 0.15) is 0 Å². The van der Waals surface area contributed by atoms with E-state index < -0.39 is 5.41 Å². The number of aromatic nitrogens is 1. The summed E-state index contributed by atoms with van der Waals surface area (Å²) in [6, 6.07) is 9.20. The van der Waals surface area contributed by atoms with Gasteiger partial charge in [0.05, 0.1) is 22.2 Å². The number of nitrogens with zero attached hydrogens (tertiary/aromatic N) is 3. The molecule has 0 atom stereocenters. The Balaban J connectivity index is 1.26. The van der Waals surface area contributed by atoms with Crippen LogP contribution in [-0.2, 0) is 10.2 Å². The maximum atomic E-state index is 13.2. The van der Waals surface area contributed by atoms with E-state index in [1.807, 2.05) is 28.5 Å². The highest BCUT2D eigenvalue weighted by Gasteiger charge is 2.55. The number of carbonyl (C=O) groups excluding carboxylic acids is 2. The second kappa shape index (κ2) is 6.63. The molecule has 1 saturated carbocycles. The zero-order chi connectivity index (χ0) is 19.1. The molecule has 144 valence electrons. The van der Waals surface area contributed by atoms with Gasteiger partial charge in [-0.05, 0) is 36.4 Å². The normalized spacial score (nSPS) is 18.3. The molecule has 5 rings (SSSR count). The molecule has 3 aromatic rings. The molecule has 28 heavy (non-hydrogen) atoms. The van der Waals surface area contributed by atoms with Crippen LogP contribution in [0.15, 0.2) is 50.9 Å². The molecule has 0 N–H and O–H groups in total. The summed E-state index contributed by atoms with van der Waals surface area (Å²) in [5, 5.41) is 6.19. The molecule has 1 saturated heterocycles. The van der Waals surface area contributed by atoms with Crippen molar-refractivity contribution >= 4 is 23.2 Å². The maximum absolute atomic E-state index is 13.2. The lowest BCUT2D eigenvalue weighted by Gasteiger charge is -2.36. The van der Waals surface area contributed by atoms with Gasteiger partial charge in [0.15, 0.2) is 11.5 Å². The monoisotopic (exact) mass is 397 g/mol. The van der Waals surface area contributed by atoms with Crippen LogP contribution in [0.4, 0.5) is 0 Å². The van der Waals surface area contributed by atoms with E-state index in [0.29, 0.717) is 37.7 Å². The number of piperazine rings is 1. The van der Waals surface area contributed by atoms with Crippen LogP contribution < -0.4 is 0 Å². The van der Waals surface area contributed by atoms with Crippen LogP contribution in [-0.4, -0.2) is 52.9 Å². The fourth-order valence-corrected chi connectivity index (χ4v) is 4.38. The van der Waals surface area contributed by atoms with Crippen molar-refractivity contribution in [3.05, 3.63) is 53.4 Å². The highest BCUT2D eigenvalue weighted by atomic mass is 32.1. The van der Waals surface area contributed by atoms with Gasteiger partial charge in [-0.15, -0.1) is 11.3 Å². The molecule has 4 heterocycles. The first-order valence-electron chi connectivity index (χ1n) is 9.31. The number of hydrogen-bond acceptors (Lipinski definition) is 6.